The number of hydrogen-bond acceptors (Lipinski definition) is 9. The van der Waals surface area contributed by atoms with Crippen LogP contribution >= 0.6 is 0 Å². The summed E-state index contributed by atoms with van der Waals surface area (Å²) in [6.45, 7) is 6.84. The highest BCUT2D eigenvalue weighted by atomic mass is 16.7. The number of amides is 1. The van der Waals surface area contributed by atoms with Gasteiger partial charge in [-0.25, -0.2) is 0 Å². The van der Waals surface area contributed by atoms with Crippen molar-refractivity contribution in [1.82, 2.24) is 9.88 Å². The van der Waals surface area contributed by atoms with Crippen LogP contribution in [0.3, 0.4) is 0 Å². The van der Waals surface area contributed by atoms with E-state index in [0.717, 1.165) is 72.5 Å². The Morgan fingerprint density at radius 1 is 1.09 bits per heavy atom. The molecule has 0 radical (unpaired) electrons. The molecule has 1 aliphatic heterocycles. The number of nitrogens with zero attached hydrogens (tertiary/aromatic N) is 3. The van der Waals surface area contributed by atoms with E-state index in [-0.39, 0.29) is 49.4 Å². The normalized spacial score (nSPS) is 26.7. The van der Waals surface area contributed by atoms with Gasteiger partial charge in [0.05, 0.1) is 23.9 Å². The molecule has 4 aliphatic rings. The number of unbranched alkanes of at least 4 members (excludes halogenated alkanes) is 2. The molecule has 0 bridgehead atoms. The number of pyridine rings is 1. The number of oxime groups is 1. The van der Waals surface area contributed by atoms with E-state index < -0.39 is 11.8 Å². The quantitative estimate of drug-likeness (QED) is 0.0855. The van der Waals surface area contributed by atoms with Crippen LogP contribution in [0.1, 0.15) is 106 Å². The van der Waals surface area contributed by atoms with Crippen LogP contribution in [0.5, 0.6) is 11.5 Å². The van der Waals surface area contributed by atoms with Crippen molar-refractivity contribution in [3.63, 3.8) is 0 Å². The van der Waals surface area contributed by atoms with Gasteiger partial charge in [0, 0.05) is 50.3 Å². The van der Waals surface area contributed by atoms with Gasteiger partial charge in [0.15, 0.2) is 0 Å². The summed E-state index contributed by atoms with van der Waals surface area (Å²) in [4.78, 5) is 26.2. The Labute approximate surface area is 321 Å². The van der Waals surface area contributed by atoms with Crippen LogP contribution < -0.4 is 9.47 Å². The minimum Gasteiger partial charge on any atom is -0.487 e. The Bertz CT molecular complexity index is 1640. The number of carbonyl (C=O) groups excluding carboxylic acids is 1. The number of aromatic nitrogens is 1. The second-order valence-corrected chi connectivity index (χ2v) is 15.7. The molecular weight excluding hydrogens is 682 g/mol. The Balaban J connectivity index is 1.47. The summed E-state index contributed by atoms with van der Waals surface area (Å²) in [6.07, 6.45) is 15.7. The lowest BCUT2D eigenvalue weighted by molar-refractivity contribution is -0.255. The SMILES string of the molecule is C=CCO[C@@]12Oc3ccc(OCc4cccc(C)n4)cc3[C@H]3[C@H](CCCCO)[C@@H](CCCCO)C=C(C(=NOC)C[C@@H]1N(C)C(=O)CCC1CCCC1)[C@H]32. The van der Waals surface area contributed by atoms with Gasteiger partial charge in [-0.15, -0.1) is 6.58 Å². The third-order valence-electron chi connectivity index (χ3n) is 12.3. The van der Waals surface area contributed by atoms with Crippen molar-refractivity contribution in [3.8, 4) is 11.5 Å². The Hall–Kier alpha value is -3.73. The van der Waals surface area contributed by atoms with Crippen molar-refractivity contribution < 1.29 is 34.1 Å². The highest BCUT2D eigenvalue weighted by molar-refractivity contribution is 6.03. The molecule has 10 nitrogen and oxygen atoms in total. The second-order valence-electron chi connectivity index (χ2n) is 15.7. The summed E-state index contributed by atoms with van der Waals surface area (Å²) in [5.41, 5.74) is 4.66. The minimum atomic E-state index is -1.23. The van der Waals surface area contributed by atoms with Crippen LogP contribution in [-0.2, 0) is 21.0 Å². The lowest BCUT2D eigenvalue weighted by Gasteiger charge is -2.59. The zero-order chi connectivity index (χ0) is 38.1. The van der Waals surface area contributed by atoms with Crippen molar-refractivity contribution in [3.05, 3.63) is 77.7 Å². The molecule has 294 valence electrons. The maximum atomic E-state index is 14.2. The van der Waals surface area contributed by atoms with Crippen molar-refractivity contribution >= 4 is 11.6 Å². The maximum absolute atomic E-state index is 14.2. The number of allylic oxidation sites excluding steroid dienone is 1. The summed E-state index contributed by atoms with van der Waals surface area (Å²) in [6, 6.07) is 11.5. The highest BCUT2D eigenvalue weighted by Gasteiger charge is 2.65. The average molecular weight is 744 g/mol. The third-order valence-corrected chi connectivity index (χ3v) is 12.3. The first kappa shape index (κ1) is 39.9. The molecule has 54 heavy (non-hydrogen) atoms. The topological polar surface area (TPSA) is 123 Å². The number of carbonyl (C=O) groups is 1. The van der Waals surface area contributed by atoms with Gasteiger partial charge in [-0.05, 0) is 92.7 Å². The van der Waals surface area contributed by atoms with Gasteiger partial charge < -0.3 is 34.2 Å². The van der Waals surface area contributed by atoms with Gasteiger partial charge in [0.1, 0.15) is 31.3 Å². The van der Waals surface area contributed by atoms with E-state index in [0.29, 0.717) is 37.5 Å². The Morgan fingerprint density at radius 3 is 2.59 bits per heavy atom. The summed E-state index contributed by atoms with van der Waals surface area (Å²) in [5.74, 6) is 0.774. The number of ether oxygens (including phenoxy) is 3. The van der Waals surface area contributed by atoms with E-state index in [1.54, 1.807) is 13.2 Å². The molecular formula is C44H61N3O7. The molecule has 1 aromatic carbocycles. The molecule has 2 aromatic rings. The molecule has 2 fully saturated rings. The Kier molecular flexibility index (Phi) is 13.9. The molecule has 2 saturated carbocycles. The molecule has 2 N–H and O–H groups in total. The van der Waals surface area contributed by atoms with Gasteiger partial charge in [0.25, 0.3) is 0 Å². The maximum Gasteiger partial charge on any atom is 0.239 e. The van der Waals surface area contributed by atoms with E-state index in [1.807, 2.05) is 49.2 Å². The van der Waals surface area contributed by atoms with Gasteiger partial charge in [-0.3, -0.25) is 9.78 Å². The summed E-state index contributed by atoms with van der Waals surface area (Å²) in [5, 5.41) is 24.3. The van der Waals surface area contributed by atoms with Crippen LogP contribution in [0, 0.1) is 30.6 Å². The molecule has 1 aromatic heterocycles. The molecule has 10 heteroatoms. The monoisotopic (exact) mass is 743 g/mol. The van der Waals surface area contributed by atoms with Crippen LogP contribution in [0.15, 0.2) is 65.9 Å². The van der Waals surface area contributed by atoms with E-state index in [9.17, 15) is 15.0 Å². The summed E-state index contributed by atoms with van der Waals surface area (Å²) >= 11 is 0. The molecule has 1 amide bonds. The number of benzene rings is 1. The Morgan fingerprint density at radius 2 is 1.87 bits per heavy atom. The van der Waals surface area contributed by atoms with E-state index in [1.165, 1.54) is 25.7 Å². The standard InChI is InChI=1S/C44H61N3O7/c1-5-25-53-44-40(47(3)41(50)22-19-31-14-6-7-15-31)28-38(46-51-4)36-26-32(16-8-10-23-48)35(18-9-11-24-49)42(43(36)44)37-27-34(20-21-39(37)54-44)52-29-33-17-12-13-30(2)45-33/h5,12-13,17,20-21,26-27,31-32,35,40,42-43,48-49H,1,6-11,14-16,18-19,22-25,28-29H2,2-4H3/t32-,35+,40-,42+,43+,44+/m0/s1. The van der Waals surface area contributed by atoms with Crippen LogP contribution in [0.25, 0.3) is 0 Å². The first-order chi connectivity index (χ1) is 26.3. The van der Waals surface area contributed by atoms with Crippen LogP contribution in [0.2, 0.25) is 0 Å². The smallest absolute Gasteiger partial charge is 0.239 e. The zero-order valence-corrected chi connectivity index (χ0v) is 32.6. The van der Waals surface area contributed by atoms with E-state index in [4.69, 9.17) is 19.0 Å². The number of aryl methyl sites for hydroxylation is 1. The number of hydrogen-bond donors (Lipinski definition) is 2. The number of aliphatic hydroxyl groups is 2. The fourth-order valence-corrected chi connectivity index (χ4v) is 9.74. The molecule has 6 atom stereocenters. The fourth-order valence-electron chi connectivity index (χ4n) is 9.74. The van der Waals surface area contributed by atoms with E-state index in [2.05, 4.69) is 28.9 Å². The molecule has 2 heterocycles. The second kappa shape index (κ2) is 18.7. The predicted octanol–water partition coefficient (Wildman–Crippen LogP) is 7.66. The van der Waals surface area contributed by atoms with Crippen molar-refractivity contribution in [2.75, 3.05) is 34.0 Å². The number of likely N-dealkylation sites (N-methyl/N-ethyl adjacent to an activating group) is 1. The predicted molar refractivity (Wildman–Crippen MR) is 209 cm³/mol. The molecule has 0 saturated heterocycles. The zero-order valence-electron chi connectivity index (χ0n) is 32.6. The lowest BCUT2D eigenvalue weighted by atomic mass is 9.55. The molecule has 0 unspecified atom stereocenters. The summed E-state index contributed by atoms with van der Waals surface area (Å²) in [7, 11) is 3.47. The van der Waals surface area contributed by atoms with Gasteiger partial charge in [0.2, 0.25) is 11.7 Å². The van der Waals surface area contributed by atoms with Crippen LogP contribution in [0.4, 0.5) is 0 Å². The number of fused-ring (bicyclic) bond motifs is 2. The number of aliphatic hydroxyl groups excluding tert-OH is 2. The average Bonchev–Trinajstić information content (AvgIpc) is 3.71. The highest BCUT2D eigenvalue weighted by Crippen LogP contribution is 2.61. The molecule has 6 rings (SSSR count). The fraction of sp³-hybridized carbons (Fsp3) is 0.614. The van der Waals surface area contributed by atoms with Gasteiger partial charge in [-0.1, -0.05) is 61.9 Å². The van der Waals surface area contributed by atoms with Crippen LogP contribution in [-0.4, -0.2) is 77.5 Å². The largest absolute Gasteiger partial charge is 0.487 e. The molecule has 0 spiro atoms. The molecule has 3 aliphatic carbocycles. The minimum absolute atomic E-state index is 0.0781. The first-order valence-electron chi connectivity index (χ1n) is 20.3. The lowest BCUT2D eigenvalue weighted by Crippen LogP contribution is -2.69. The van der Waals surface area contributed by atoms with Gasteiger partial charge in [-0.2, -0.15) is 0 Å². The number of rotatable bonds is 19. The van der Waals surface area contributed by atoms with Crippen molar-refractivity contribution in [2.45, 2.75) is 115 Å². The summed E-state index contributed by atoms with van der Waals surface area (Å²) < 4.78 is 20.6. The van der Waals surface area contributed by atoms with E-state index >= 15 is 0 Å². The van der Waals surface area contributed by atoms with Crippen molar-refractivity contribution in [1.29, 1.82) is 0 Å². The van der Waals surface area contributed by atoms with Crippen molar-refractivity contribution in [2.24, 2.45) is 28.8 Å². The van der Waals surface area contributed by atoms with Gasteiger partial charge >= 0.3 is 0 Å². The first-order valence-corrected chi connectivity index (χ1v) is 20.3. The third kappa shape index (κ3) is 8.71.